The van der Waals surface area contributed by atoms with Gasteiger partial charge < -0.3 is 4.90 Å². The molecule has 0 bridgehead atoms. The molecular weight excluding hydrogens is 256 g/mol. The van der Waals surface area contributed by atoms with E-state index < -0.39 is 0 Å². The predicted octanol–water partition coefficient (Wildman–Crippen LogP) is 2.07. The number of likely N-dealkylation sites (tertiary alicyclic amines) is 1. The molecule has 1 saturated heterocycles. The van der Waals surface area contributed by atoms with Crippen LogP contribution in [0.2, 0.25) is 0 Å². The Bertz CT molecular complexity index is 438. The number of β-lactam (4-membered cyclic amide) rings is 1. The Morgan fingerprint density at radius 2 is 2.40 bits per heavy atom. The summed E-state index contributed by atoms with van der Waals surface area (Å²) in [6, 6.07) is 9.63. The molecule has 0 aromatic heterocycles. The van der Waals surface area contributed by atoms with Crippen LogP contribution >= 0.6 is 15.9 Å². The molecule has 1 heterocycles. The van der Waals surface area contributed by atoms with E-state index in [-0.39, 0.29) is 11.9 Å². The van der Waals surface area contributed by atoms with Gasteiger partial charge in [0.1, 0.15) is 6.04 Å². The van der Waals surface area contributed by atoms with Gasteiger partial charge in [-0.15, -0.1) is 0 Å². The Morgan fingerprint density at radius 1 is 1.60 bits per heavy atom. The minimum atomic E-state index is -0.239. The molecule has 1 aromatic rings. The minimum Gasteiger partial charge on any atom is -0.322 e. The van der Waals surface area contributed by atoms with E-state index in [1.807, 2.05) is 24.3 Å². The van der Waals surface area contributed by atoms with Crippen LogP contribution in [0.15, 0.2) is 28.7 Å². The van der Waals surface area contributed by atoms with Gasteiger partial charge in [-0.25, -0.2) is 0 Å². The van der Waals surface area contributed by atoms with Gasteiger partial charge in [0.15, 0.2) is 0 Å². The zero-order valence-electron chi connectivity index (χ0n) is 7.98. The molecule has 76 valence electrons. The first-order chi connectivity index (χ1) is 7.20. The molecule has 4 heteroatoms. The highest BCUT2D eigenvalue weighted by Crippen LogP contribution is 2.22. The summed E-state index contributed by atoms with van der Waals surface area (Å²) >= 11 is 3.37. The van der Waals surface area contributed by atoms with Crippen LogP contribution in [0.1, 0.15) is 12.0 Å². The predicted molar refractivity (Wildman–Crippen MR) is 58.7 cm³/mol. The zero-order chi connectivity index (χ0) is 10.8. The van der Waals surface area contributed by atoms with Gasteiger partial charge in [-0.05, 0) is 17.7 Å². The fourth-order valence-electron chi connectivity index (χ4n) is 1.60. The van der Waals surface area contributed by atoms with Crippen LogP contribution in [-0.4, -0.2) is 16.8 Å². The Kier molecular flexibility index (Phi) is 2.74. The molecule has 1 atom stereocenters. The molecule has 1 fully saturated rings. The number of nitriles is 1. The van der Waals surface area contributed by atoms with Crippen LogP contribution < -0.4 is 0 Å². The first-order valence-electron chi connectivity index (χ1n) is 4.64. The number of nitrogens with zero attached hydrogens (tertiary/aromatic N) is 2. The second-order valence-electron chi connectivity index (χ2n) is 3.50. The van der Waals surface area contributed by atoms with E-state index in [2.05, 4.69) is 22.0 Å². The molecule has 1 amide bonds. The van der Waals surface area contributed by atoms with E-state index in [0.29, 0.717) is 13.0 Å². The highest BCUT2D eigenvalue weighted by Gasteiger charge is 2.35. The molecule has 1 aromatic carbocycles. The summed E-state index contributed by atoms with van der Waals surface area (Å²) < 4.78 is 0.987. The van der Waals surface area contributed by atoms with Crippen molar-refractivity contribution in [1.29, 1.82) is 5.26 Å². The monoisotopic (exact) mass is 264 g/mol. The lowest BCUT2D eigenvalue weighted by Gasteiger charge is -2.35. The number of carbonyl (C=O) groups excluding carboxylic acids is 1. The van der Waals surface area contributed by atoms with Gasteiger partial charge in [0.2, 0.25) is 5.91 Å². The molecule has 0 saturated carbocycles. The normalized spacial score (nSPS) is 19.6. The van der Waals surface area contributed by atoms with E-state index in [4.69, 9.17) is 5.26 Å². The van der Waals surface area contributed by atoms with E-state index in [0.717, 1.165) is 10.0 Å². The van der Waals surface area contributed by atoms with Crippen molar-refractivity contribution < 1.29 is 4.79 Å². The highest BCUT2D eigenvalue weighted by atomic mass is 79.9. The standard InChI is InChI=1S/C11H9BrN2O/c12-9-3-1-2-8(4-9)7-14-10(6-13)5-11(14)15/h1-4,10H,5,7H2/t10-/m0/s1. The van der Waals surface area contributed by atoms with Gasteiger partial charge in [-0.2, -0.15) is 5.26 Å². The van der Waals surface area contributed by atoms with Crippen LogP contribution in [0, 0.1) is 11.3 Å². The second-order valence-corrected chi connectivity index (χ2v) is 4.42. The van der Waals surface area contributed by atoms with Crippen molar-refractivity contribution in [3.63, 3.8) is 0 Å². The largest absolute Gasteiger partial charge is 0.322 e. The Hall–Kier alpha value is -1.34. The van der Waals surface area contributed by atoms with Crippen LogP contribution in [0.3, 0.4) is 0 Å². The third-order valence-corrected chi connectivity index (χ3v) is 2.95. The highest BCUT2D eigenvalue weighted by molar-refractivity contribution is 9.10. The molecule has 0 unspecified atom stereocenters. The van der Waals surface area contributed by atoms with Gasteiger partial charge in [0.05, 0.1) is 12.5 Å². The van der Waals surface area contributed by atoms with Gasteiger partial charge in [0.25, 0.3) is 0 Å². The SMILES string of the molecule is N#C[C@@H]1CC(=O)N1Cc1cccc(Br)c1. The Balaban J connectivity index is 2.09. The number of hydrogen-bond donors (Lipinski definition) is 0. The summed E-state index contributed by atoms with van der Waals surface area (Å²) in [7, 11) is 0. The van der Waals surface area contributed by atoms with Crippen molar-refractivity contribution in [2.75, 3.05) is 0 Å². The number of benzene rings is 1. The van der Waals surface area contributed by atoms with Crippen molar-refractivity contribution in [3.05, 3.63) is 34.3 Å². The molecule has 1 aliphatic rings. The summed E-state index contributed by atoms with van der Waals surface area (Å²) in [5, 5.41) is 8.75. The number of hydrogen-bond acceptors (Lipinski definition) is 2. The third-order valence-electron chi connectivity index (χ3n) is 2.46. The molecule has 0 radical (unpaired) electrons. The number of rotatable bonds is 2. The molecule has 2 rings (SSSR count). The smallest absolute Gasteiger partial charge is 0.227 e. The number of carbonyl (C=O) groups is 1. The number of amides is 1. The minimum absolute atomic E-state index is 0.0570. The first-order valence-corrected chi connectivity index (χ1v) is 5.43. The van der Waals surface area contributed by atoms with Crippen LogP contribution in [0.5, 0.6) is 0 Å². The van der Waals surface area contributed by atoms with Crippen LogP contribution in [0.25, 0.3) is 0 Å². The molecule has 0 spiro atoms. The molecule has 15 heavy (non-hydrogen) atoms. The molecule has 1 aliphatic heterocycles. The van der Waals surface area contributed by atoms with Crippen molar-refractivity contribution in [2.45, 2.75) is 19.0 Å². The van der Waals surface area contributed by atoms with Crippen molar-refractivity contribution in [1.82, 2.24) is 4.90 Å². The van der Waals surface area contributed by atoms with Gasteiger partial charge in [-0.1, -0.05) is 28.1 Å². The van der Waals surface area contributed by atoms with Crippen LogP contribution in [0.4, 0.5) is 0 Å². The molecule has 3 nitrogen and oxygen atoms in total. The maximum Gasteiger partial charge on any atom is 0.227 e. The summed E-state index contributed by atoms with van der Waals surface area (Å²) in [5.74, 6) is 0.0570. The van der Waals surface area contributed by atoms with E-state index >= 15 is 0 Å². The van der Waals surface area contributed by atoms with Crippen LogP contribution in [-0.2, 0) is 11.3 Å². The second kappa shape index (κ2) is 4.03. The fourth-order valence-corrected chi connectivity index (χ4v) is 2.05. The molecule has 0 N–H and O–H groups in total. The van der Waals surface area contributed by atoms with Gasteiger partial charge >= 0.3 is 0 Å². The first kappa shape index (κ1) is 10.2. The average Bonchev–Trinajstić information content (AvgIpc) is 2.22. The lowest BCUT2D eigenvalue weighted by atomic mass is 10.0. The third kappa shape index (κ3) is 2.02. The van der Waals surface area contributed by atoms with Gasteiger partial charge in [-0.3, -0.25) is 4.79 Å². The van der Waals surface area contributed by atoms with E-state index in [1.165, 1.54) is 0 Å². The molecule has 0 aliphatic carbocycles. The van der Waals surface area contributed by atoms with E-state index in [9.17, 15) is 4.79 Å². The zero-order valence-corrected chi connectivity index (χ0v) is 9.57. The fraction of sp³-hybridized carbons (Fsp3) is 0.273. The molecular formula is C11H9BrN2O. The average molecular weight is 265 g/mol. The summed E-state index contributed by atoms with van der Waals surface area (Å²) in [6.07, 6.45) is 0.366. The Morgan fingerprint density at radius 3 is 3.00 bits per heavy atom. The Labute approximate surface area is 96.4 Å². The maximum absolute atomic E-state index is 11.3. The quantitative estimate of drug-likeness (QED) is 0.768. The number of halogens is 1. The van der Waals surface area contributed by atoms with E-state index in [1.54, 1.807) is 4.90 Å². The summed E-state index contributed by atoms with van der Waals surface area (Å²) in [6.45, 7) is 0.524. The topological polar surface area (TPSA) is 44.1 Å². The maximum atomic E-state index is 11.3. The van der Waals surface area contributed by atoms with Crippen molar-refractivity contribution in [3.8, 4) is 6.07 Å². The summed E-state index contributed by atoms with van der Waals surface area (Å²) in [5.41, 5.74) is 1.04. The lowest BCUT2D eigenvalue weighted by molar-refractivity contribution is -0.144. The van der Waals surface area contributed by atoms with Gasteiger partial charge in [0, 0.05) is 11.0 Å². The van der Waals surface area contributed by atoms with Crippen molar-refractivity contribution in [2.24, 2.45) is 0 Å². The van der Waals surface area contributed by atoms with Crippen molar-refractivity contribution >= 4 is 21.8 Å². The summed E-state index contributed by atoms with van der Waals surface area (Å²) in [4.78, 5) is 12.9. The lowest BCUT2D eigenvalue weighted by Crippen LogP contribution is -2.50.